The summed E-state index contributed by atoms with van der Waals surface area (Å²) in [5.74, 6) is 0. The standard InChI is InChI=1S/C22H20N2O/c1-22(2,12-11-16-13-23-20-9-5-3-7-18(16)20)24-14-17(15-25)19-8-4-6-10-21(19)24/h3-15,23H,1-2H3/b12-11+. The second kappa shape index (κ2) is 5.78. The lowest BCUT2D eigenvalue weighted by Crippen LogP contribution is -2.22. The third-order valence-corrected chi connectivity index (χ3v) is 4.78. The van der Waals surface area contributed by atoms with Crippen molar-refractivity contribution in [2.75, 3.05) is 0 Å². The van der Waals surface area contributed by atoms with Gasteiger partial charge in [0.05, 0.1) is 5.54 Å². The molecule has 1 N–H and O–H groups in total. The zero-order chi connectivity index (χ0) is 17.4. The van der Waals surface area contributed by atoms with Gasteiger partial charge in [0, 0.05) is 39.8 Å². The van der Waals surface area contributed by atoms with Gasteiger partial charge in [-0.2, -0.15) is 0 Å². The van der Waals surface area contributed by atoms with E-state index in [1.54, 1.807) is 0 Å². The van der Waals surface area contributed by atoms with Gasteiger partial charge < -0.3 is 9.55 Å². The van der Waals surface area contributed by atoms with Crippen LogP contribution in [0, 0.1) is 0 Å². The number of benzene rings is 2. The van der Waals surface area contributed by atoms with Gasteiger partial charge in [0.1, 0.15) is 0 Å². The maximum absolute atomic E-state index is 11.4. The highest BCUT2D eigenvalue weighted by molar-refractivity contribution is 5.97. The van der Waals surface area contributed by atoms with Crippen molar-refractivity contribution in [3.63, 3.8) is 0 Å². The van der Waals surface area contributed by atoms with E-state index >= 15 is 0 Å². The highest BCUT2D eigenvalue weighted by Gasteiger charge is 2.20. The van der Waals surface area contributed by atoms with Gasteiger partial charge in [0.25, 0.3) is 0 Å². The third kappa shape index (κ3) is 2.58. The summed E-state index contributed by atoms with van der Waals surface area (Å²) in [7, 11) is 0. The summed E-state index contributed by atoms with van der Waals surface area (Å²) in [6.07, 6.45) is 9.23. The number of nitrogens with zero attached hydrogens (tertiary/aromatic N) is 1. The number of carbonyl (C=O) groups is 1. The Labute approximate surface area is 146 Å². The molecule has 0 saturated heterocycles. The summed E-state index contributed by atoms with van der Waals surface area (Å²) in [5.41, 5.74) is 3.83. The maximum atomic E-state index is 11.4. The maximum Gasteiger partial charge on any atom is 0.152 e. The zero-order valence-electron chi connectivity index (χ0n) is 14.4. The molecule has 0 atom stereocenters. The molecule has 2 heterocycles. The van der Waals surface area contributed by atoms with Gasteiger partial charge in [-0.15, -0.1) is 0 Å². The van der Waals surface area contributed by atoms with E-state index in [0.29, 0.717) is 0 Å². The number of para-hydroxylation sites is 2. The van der Waals surface area contributed by atoms with E-state index < -0.39 is 0 Å². The Morgan fingerprint density at radius 3 is 2.48 bits per heavy atom. The minimum Gasteiger partial charge on any atom is -0.361 e. The largest absolute Gasteiger partial charge is 0.361 e. The molecule has 4 aromatic rings. The molecule has 4 rings (SSSR count). The molecule has 0 unspecified atom stereocenters. The van der Waals surface area contributed by atoms with Crippen molar-refractivity contribution in [2.45, 2.75) is 19.4 Å². The van der Waals surface area contributed by atoms with E-state index in [9.17, 15) is 4.79 Å². The predicted molar refractivity (Wildman–Crippen MR) is 104 cm³/mol. The number of carbonyl (C=O) groups excluding carboxylic acids is 1. The van der Waals surface area contributed by atoms with Crippen LogP contribution in [0.4, 0.5) is 0 Å². The van der Waals surface area contributed by atoms with Gasteiger partial charge in [-0.25, -0.2) is 0 Å². The van der Waals surface area contributed by atoms with Crippen LogP contribution < -0.4 is 0 Å². The molecule has 0 amide bonds. The molecule has 25 heavy (non-hydrogen) atoms. The molecular formula is C22H20N2O. The normalized spacial score (nSPS) is 12.4. The Hall–Kier alpha value is -3.07. The summed E-state index contributed by atoms with van der Waals surface area (Å²) in [6.45, 7) is 4.30. The number of hydrogen-bond acceptors (Lipinski definition) is 1. The fourth-order valence-corrected chi connectivity index (χ4v) is 3.38. The van der Waals surface area contributed by atoms with Crippen molar-refractivity contribution in [3.8, 4) is 0 Å². The summed E-state index contributed by atoms with van der Waals surface area (Å²) in [6, 6.07) is 16.3. The van der Waals surface area contributed by atoms with Crippen LogP contribution in [-0.4, -0.2) is 15.8 Å². The molecule has 124 valence electrons. The van der Waals surface area contributed by atoms with Crippen LogP contribution >= 0.6 is 0 Å². The molecule has 0 aliphatic rings. The van der Waals surface area contributed by atoms with Crippen LogP contribution in [0.15, 0.2) is 67.0 Å². The van der Waals surface area contributed by atoms with Crippen LogP contribution in [0.1, 0.15) is 29.8 Å². The minimum absolute atomic E-state index is 0.265. The van der Waals surface area contributed by atoms with Gasteiger partial charge in [-0.05, 0) is 31.5 Å². The van der Waals surface area contributed by atoms with E-state index in [1.165, 1.54) is 5.39 Å². The van der Waals surface area contributed by atoms with Crippen molar-refractivity contribution in [1.29, 1.82) is 0 Å². The Kier molecular flexibility index (Phi) is 3.57. The average Bonchev–Trinajstić information content (AvgIpc) is 3.22. The van der Waals surface area contributed by atoms with Crippen LogP contribution in [-0.2, 0) is 5.54 Å². The van der Waals surface area contributed by atoms with Crippen molar-refractivity contribution >= 4 is 34.2 Å². The zero-order valence-corrected chi connectivity index (χ0v) is 14.4. The number of hydrogen-bond donors (Lipinski definition) is 1. The number of rotatable bonds is 4. The Morgan fingerprint density at radius 1 is 0.960 bits per heavy atom. The van der Waals surface area contributed by atoms with E-state index in [2.05, 4.69) is 59.8 Å². The third-order valence-electron chi connectivity index (χ3n) is 4.78. The summed E-state index contributed by atoms with van der Waals surface area (Å²) >= 11 is 0. The molecule has 0 spiro atoms. The summed E-state index contributed by atoms with van der Waals surface area (Å²) in [4.78, 5) is 14.7. The summed E-state index contributed by atoms with van der Waals surface area (Å²) < 4.78 is 2.16. The molecule has 0 radical (unpaired) electrons. The van der Waals surface area contributed by atoms with Gasteiger partial charge in [0.15, 0.2) is 6.29 Å². The fraction of sp³-hybridized carbons (Fsp3) is 0.136. The topological polar surface area (TPSA) is 37.8 Å². The van der Waals surface area contributed by atoms with Gasteiger partial charge in [-0.1, -0.05) is 48.6 Å². The highest BCUT2D eigenvalue weighted by atomic mass is 16.1. The quantitative estimate of drug-likeness (QED) is 0.502. The first-order valence-corrected chi connectivity index (χ1v) is 8.41. The molecule has 3 nitrogen and oxygen atoms in total. The van der Waals surface area contributed by atoms with E-state index in [-0.39, 0.29) is 5.54 Å². The van der Waals surface area contributed by atoms with Crippen molar-refractivity contribution in [2.24, 2.45) is 0 Å². The first kappa shape index (κ1) is 15.5. The second-order valence-corrected chi connectivity index (χ2v) is 6.87. The number of H-pyrrole nitrogens is 1. The lowest BCUT2D eigenvalue weighted by atomic mass is 10.0. The SMILES string of the molecule is CC(C)(/C=C/c1c[nH]c2ccccc12)n1cc(C=O)c2ccccc21. The Morgan fingerprint density at radius 2 is 1.68 bits per heavy atom. The number of allylic oxidation sites excluding steroid dienone is 1. The smallest absolute Gasteiger partial charge is 0.152 e. The first-order valence-electron chi connectivity index (χ1n) is 8.41. The molecule has 0 aliphatic carbocycles. The number of aromatic amines is 1. The van der Waals surface area contributed by atoms with Crippen LogP contribution in [0.2, 0.25) is 0 Å². The average molecular weight is 328 g/mol. The molecule has 0 fully saturated rings. The van der Waals surface area contributed by atoms with Crippen molar-refractivity contribution in [3.05, 3.63) is 78.1 Å². The molecule has 2 aromatic carbocycles. The van der Waals surface area contributed by atoms with Crippen LogP contribution in [0.3, 0.4) is 0 Å². The number of aldehydes is 1. The van der Waals surface area contributed by atoms with Crippen molar-refractivity contribution in [1.82, 2.24) is 9.55 Å². The lowest BCUT2D eigenvalue weighted by molar-refractivity contribution is 0.112. The minimum atomic E-state index is -0.265. The molecule has 0 saturated carbocycles. The first-order chi connectivity index (χ1) is 12.1. The van der Waals surface area contributed by atoms with E-state index in [4.69, 9.17) is 0 Å². The van der Waals surface area contributed by atoms with Crippen molar-refractivity contribution < 1.29 is 4.79 Å². The number of fused-ring (bicyclic) bond motifs is 2. The monoisotopic (exact) mass is 328 g/mol. The van der Waals surface area contributed by atoms with Gasteiger partial charge >= 0.3 is 0 Å². The molecule has 0 bridgehead atoms. The summed E-state index contributed by atoms with van der Waals surface area (Å²) in [5, 5.41) is 2.20. The van der Waals surface area contributed by atoms with Gasteiger partial charge in [-0.3, -0.25) is 4.79 Å². The molecule has 2 aromatic heterocycles. The molecular weight excluding hydrogens is 308 g/mol. The highest BCUT2D eigenvalue weighted by Crippen LogP contribution is 2.29. The van der Waals surface area contributed by atoms with E-state index in [0.717, 1.165) is 33.8 Å². The number of aromatic nitrogens is 2. The lowest BCUT2D eigenvalue weighted by Gasteiger charge is -2.24. The van der Waals surface area contributed by atoms with Crippen LogP contribution in [0.5, 0.6) is 0 Å². The Balaban J connectivity index is 1.78. The van der Waals surface area contributed by atoms with Gasteiger partial charge in [0.2, 0.25) is 0 Å². The predicted octanol–water partition coefficient (Wildman–Crippen LogP) is 5.38. The second-order valence-electron chi connectivity index (χ2n) is 6.87. The fourth-order valence-electron chi connectivity index (χ4n) is 3.38. The molecule has 0 aliphatic heterocycles. The Bertz CT molecular complexity index is 1100. The van der Waals surface area contributed by atoms with E-state index in [1.807, 2.05) is 36.7 Å². The molecule has 3 heteroatoms. The number of nitrogens with one attached hydrogen (secondary N) is 1. The van der Waals surface area contributed by atoms with Crippen LogP contribution in [0.25, 0.3) is 27.9 Å².